The standard InChI is InChI=1S/C61H111N25O12/c1-32(2)28-42(52(93)80-39(20-13-25-75-59(67)68)48(89)79-40(21-14-26-76-60(69)70)51(92)85-45(56(97)98)31-36-16-9-8-10-17-36)84-53(94)43(29-33(3)4)82-50(91)41(22-15-27-77-61(71)72)81-55(96)46(35(7)87)86-54(95)44(30-34(5)6)83-49(90)38(19-12-24-74-58(65)66)78-47(88)37(62)18-11-23-73-57(63)64/h8-10,16-17,32-35,37-46,87H,11-15,18-31,62H2,1-7H3,(H,78,88)(H,79,89)(H,80,93)(H,81,96)(H,82,91)(H,83,90)(H,84,94)(H,85,92)(H,86,95)(H,97,98)(H4,63,64,73)(H4,65,66,74)(H4,67,68,75)(H4,69,70,76)(H4,71,72,77)/t35-,37+,38+,39+,40+,41+,42+,43+,44+,45+,46+/m1/s1. The van der Waals surface area contributed by atoms with E-state index in [1.807, 2.05) is 0 Å². The predicted octanol–water partition coefficient (Wildman–Crippen LogP) is -6.21. The topological polar surface area (TPSA) is 667 Å². The third kappa shape index (κ3) is 37.5. The average Bonchev–Trinajstić information content (AvgIpc) is 0.866. The van der Waals surface area contributed by atoms with Crippen molar-refractivity contribution in [2.24, 2.45) is 106 Å². The van der Waals surface area contributed by atoms with Gasteiger partial charge in [-0.15, -0.1) is 0 Å². The Morgan fingerprint density at radius 3 is 0.898 bits per heavy atom. The summed E-state index contributed by atoms with van der Waals surface area (Å²) in [5, 5.41) is 44.8. The molecule has 0 aliphatic heterocycles. The fourth-order valence-corrected chi connectivity index (χ4v) is 9.73. The summed E-state index contributed by atoms with van der Waals surface area (Å²) in [5.74, 6) is -11.1. The van der Waals surface area contributed by atoms with E-state index in [9.17, 15) is 58.2 Å². The van der Waals surface area contributed by atoms with Crippen LogP contribution in [0.3, 0.4) is 0 Å². The molecule has 0 saturated heterocycles. The van der Waals surface area contributed by atoms with Crippen molar-refractivity contribution in [3.8, 4) is 0 Å². The minimum Gasteiger partial charge on any atom is -0.480 e. The molecule has 0 aliphatic rings. The largest absolute Gasteiger partial charge is 0.480 e. The Bertz CT molecular complexity index is 2850. The summed E-state index contributed by atoms with van der Waals surface area (Å²) in [6.45, 7) is 12.1. The van der Waals surface area contributed by atoms with Crippen molar-refractivity contribution in [2.75, 3.05) is 32.7 Å². The summed E-state index contributed by atoms with van der Waals surface area (Å²) >= 11 is 0. The van der Waals surface area contributed by atoms with Crippen molar-refractivity contribution >= 4 is 88.9 Å². The smallest absolute Gasteiger partial charge is 0.326 e. The van der Waals surface area contributed by atoms with Crippen LogP contribution in [0.4, 0.5) is 0 Å². The van der Waals surface area contributed by atoms with E-state index in [2.05, 4.69) is 72.8 Å². The number of nitrogens with one attached hydrogen (secondary N) is 9. The number of carbonyl (C=O) groups excluding carboxylic acids is 9. The van der Waals surface area contributed by atoms with Crippen LogP contribution >= 0.6 is 0 Å². The van der Waals surface area contributed by atoms with E-state index in [0.29, 0.717) is 12.0 Å². The fourth-order valence-electron chi connectivity index (χ4n) is 9.73. The van der Waals surface area contributed by atoms with Crippen molar-refractivity contribution in [3.05, 3.63) is 35.9 Å². The van der Waals surface area contributed by atoms with Gasteiger partial charge in [-0.2, -0.15) is 0 Å². The molecule has 9 amide bonds. The van der Waals surface area contributed by atoms with Crippen molar-refractivity contribution in [3.63, 3.8) is 0 Å². The van der Waals surface area contributed by atoms with Crippen LogP contribution < -0.4 is 111 Å². The number of aliphatic imine (C=N–C) groups is 5. The highest BCUT2D eigenvalue weighted by atomic mass is 16.4. The molecule has 0 saturated carbocycles. The minimum absolute atomic E-state index is 0.00557. The van der Waals surface area contributed by atoms with Gasteiger partial charge in [-0.3, -0.25) is 68.1 Å². The van der Waals surface area contributed by atoms with Crippen LogP contribution in [-0.2, 0) is 54.4 Å². The molecular formula is C61H111N25O12. The van der Waals surface area contributed by atoms with E-state index < -0.39 is 126 Å². The molecule has 552 valence electrons. The highest BCUT2D eigenvalue weighted by Crippen LogP contribution is 2.15. The molecule has 33 N–H and O–H groups in total. The lowest BCUT2D eigenvalue weighted by atomic mass is 9.99. The first-order chi connectivity index (χ1) is 46.0. The molecule has 1 aromatic carbocycles. The van der Waals surface area contributed by atoms with Crippen LogP contribution in [0, 0.1) is 17.8 Å². The van der Waals surface area contributed by atoms with E-state index in [1.165, 1.54) is 6.92 Å². The van der Waals surface area contributed by atoms with E-state index in [1.54, 1.807) is 71.9 Å². The highest BCUT2D eigenvalue weighted by Gasteiger charge is 2.37. The summed E-state index contributed by atoms with van der Waals surface area (Å²) in [5.41, 5.74) is 61.8. The zero-order valence-electron chi connectivity index (χ0n) is 57.5. The number of nitrogens with zero attached hydrogens (tertiary/aromatic N) is 5. The second-order valence-electron chi connectivity index (χ2n) is 25.0. The molecule has 1 rings (SSSR count). The van der Waals surface area contributed by atoms with Gasteiger partial charge in [-0.25, -0.2) is 4.79 Å². The number of hydrogen-bond donors (Lipinski definition) is 22. The van der Waals surface area contributed by atoms with Crippen molar-refractivity contribution in [1.29, 1.82) is 0 Å². The Morgan fingerprint density at radius 1 is 0.357 bits per heavy atom. The van der Waals surface area contributed by atoms with Crippen molar-refractivity contribution < 1.29 is 58.2 Å². The molecule has 0 radical (unpaired) electrons. The molecule has 37 heteroatoms. The molecule has 0 aliphatic carbocycles. The monoisotopic (exact) mass is 1390 g/mol. The third-order valence-electron chi connectivity index (χ3n) is 14.6. The number of carboxylic acids is 1. The zero-order valence-corrected chi connectivity index (χ0v) is 57.5. The first-order valence-corrected chi connectivity index (χ1v) is 32.7. The number of guanidine groups is 5. The van der Waals surface area contributed by atoms with Crippen molar-refractivity contribution in [2.45, 2.75) is 205 Å². The van der Waals surface area contributed by atoms with Crippen LogP contribution in [0.25, 0.3) is 0 Å². The maximum absolute atomic E-state index is 14.6. The average molecular weight is 1390 g/mol. The molecule has 98 heavy (non-hydrogen) atoms. The zero-order chi connectivity index (χ0) is 74.2. The van der Waals surface area contributed by atoms with Crippen LogP contribution in [-0.4, -0.2) is 198 Å². The van der Waals surface area contributed by atoms with Gasteiger partial charge in [0.2, 0.25) is 53.2 Å². The lowest BCUT2D eigenvalue weighted by molar-refractivity contribution is -0.142. The van der Waals surface area contributed by atoms with E-state index in [4.69, 9.17) is 63.1 Å². The molecule has 1 aromatic rings. The van der Waals surface area contributed by atoms with Gasteiger partial charge in [0, 0.05) is 39.1 Å². The van der Waals surface area contributed by atoms with Gasteiger partial charge < -0.3 is 121 Å². The van der Waals surface area contributed by atoms with Crippen LogP contribution in [0.1, 0.15) is 138 Å². The number of aliphatic hydroxyl groups is 1. The van der Waals surface area contributed by atoms with Gasteiger partial charge >= 0.3 is 5.97 Å². The molecule has 37 nitrogen and oxygen atoms in total. The molecule has 0 heterocycles. The number of carbonyl (C=O) groups is 10. The van der Waals surface area contributed by atoms with Crippen LogP contribution in [0.2, 0.25) is 0 Å². The van der Waals surface area contributed by atoms with Gasteiger partial charge in [0.05, 0.1) is 12.1 Å². The second kappa shape index (κ2) is 46.4. The number of amides is 9. The van der Waals surface area contributed by atoms with E-state index >= 15 is 0 Å². The number of nitrogens with two attached hydrogens (primary N) is 11. The summed E-state index contributed by atoms with van der Waals surface area (Å²) < 4.78 is 0. The third-order valence-corrected chi connectivity index (χ3v) is 14.6. The molecule has 0 unspecified atom stereocenters. The second-order valence-corrected chi connectivity index (χ2v) is 25.0. The van der Waals surface area contributed by atoms with Gasteiger partial charge in [0.15, 0.2) is 29.8 Å². The maximum atomic E-state index is 14.6. The van der Waals surface area contributed by atoms with Gasteiger partial charge in [-0.05, 0) is 114 Å². The molecular weight excluding hydrogens is 1270 g/mol. The fraction of sp³-hybridized carbons (Fsp3) is 0.656. The van der Waals surface area contributed by atoms with Gasteiger partial charge in [0.1, 0.15) is 54.4 Å². The Balaban J connectivity index is 3.70. The maximum Gasteiger partial charge on any atom is 0.326 e. The Hall–Kier alpha value is -9.81. The number of benzene rings is 1. The van der Waals surface area contributed by atoms with Crippen LogP contribution in [0.5, 0.6) is 0 Å². The normalized spacial score (nSPS) is 14.4. The summed E-state index contributed by atoms with van der Waals surface area (Å²) in [6, 6.07) is -5.45. The molecule has 0 fully saturated rings. The number of aliphatic carboxylic acids is 1. The lowest BCUT2D eigenvalue weighted by Crippen LogP contribution is -2.62. The number of aliphatic hydroxyl groups excluding tert-OH is 1. The summed E-state index contributed by atoms with van der Waals surface area (Å²) in [7, 11) is 0. The highest BCUT2D eigenvalue weighted by molar-refractivity contribution is 5.99. The number of rotatable bonds is 48. The number of hydrogen-bond acceptors (Lipinski definition) is 17. The van der Waals surface area contributed by atoms with E-state index in [-0.39, 0.29) is 164 Å². The molecule has 0 aromatic heterocycles. The van der Waals surface area contributed by atoms with Crippen LogP contribution in [0.15, 0.2) is 55.3 Å². The molecule has 11 atom stereocenters. The Kier molecular flexibility index (Phi) is 40.8. The minimum atomic E-state index is -1.77. The Morgan fingerprint density at radius 2 is 0.612 bits per heavy atom. The number of carboxylic acid groups (broad SMARTS) is 1. The van der Waals surface area contributed by atoms with Gasteiger partial charge in [0.25, 0.3) is 0 Å². The molecule has 0 bridgehead atoms. The summed E-state index contributed by atoms with van der Waals surface area (Å²) in [4.78, 5) is 160. The predicted molar refractivity (Wildman–Crippen MR) is 373 cm³/mol. The summed E-state index contributed by atoms with van der Waals surface area (Å²) in [6.07, 6.45) is -1.17. The Labute approximate surface area is 572 Å². The van der Waals surface area contributed by atoms with Gasteiger partial charge in [-0.1, -0.05) is 71.9 Å². The first-order valence-electron chi connectivity index (χ1n) is 32.7. The lowest BCUT2D eigenvalue weighted by Gasteiger charge is -2.30. The first kappa shape index (κ1) is 86.2. The van der Waals surface area contributed by atoms with E-state index in [0.717, 1.165) is 0 Å². The van der Waals surface area contributed by atoms with Crippen molar-refractivity contribution in [1.82, 2.24) is 47.9 Å². The SMILES string of the molecule is CC(C)C[C@H](NC(=O)[C@H](CC(C)C)NC(=O)[C@H](CCCN=C(N)N)NC(=O)[C@@H](NC(=O)[C@H](CC(C)C)NC(=O)[C@H](CCCN=C(N)N)NC(=O)[C@@H](N)CCCN=C(N)N)[C@@H](C)O)C(=O)N[C@@H](CCCN=C(N)N)C(=O)N[C@@H](CCCN=C(N)N)C(=O)N[C@@H](Cc1ccccc1)C(=O)O. The quantitative estimate of drug-likeness (QED) is 0.0164. The molecule has 0 spiro atoms.